The van der Waals surface area contributed by atoms with Crippen LogP contribution in [0.1, 0.15) is 18.0 Å². The third-order valence-electron chi connectivity index (χ3n) is 3.70. The summed E-state index contributed by atoms with van der Waals surface area (Å²) in [7, 11) is 1.27. The quantitative estimate of drug-likeness (QED) is 0.693. The number of rotatable bonds is 6. The minimum absolute atomic E-state index is 0.0383. The zero-order chi connectivity index (χ0) is 18.4. The summed E-state index contributed by atoms with van der Waals surface area (Å²) in [6.45, 7) is -0.195. The Morgan fingerprint density at radius 1 is 1.24 bits per heavy atom. The average Bonchev–Trinajstić information content (AvgIpc) is 2.61. The summed E-state index contributed by atoms with van der Waals surface area (Å²) in [5, 5.41) is 12.5. The molecule has 0 bridgehead atoms. The highest BCUT2D eigenvalue weighted by Gasteiger charge is 2.18. The van der Waals surface area contributed by atoms with Gasteiger partial charge in [-0.15, -0.1) is 0 Å². The van der Waals surface area contributed by atoms with Crippen LogP contribution in [0, 0.1) is 5.82 Å². The zero-order valence-corrected chi connectivity index (χ0v) is 13.7. The number of phenolic OH excluding ortho intramolecular Hbond substituents is 1. The van der Waals surface area contributed by atoms with Gasteiger partial charge in [0, 0.05) is 11.6 Å². The number of aromatic hydroxyl groups is 1. The van der Waals surface area contributed by atoms with Gasteiger partial charge >= 0.3 is 5.97 Å². The summed E-state index contributed by atoms with van der Waals surface area (Å²) in [5.41, 5.74) is 7.13. The Kier molecular flexibility index (Phi) is 6.08. The number of esters is 1. The smallest absolute Gasteiger partial charge is 0.307 e. The Morgan fingerprint density at radius 3 is 2.48 bits per heavy atom. The second kappa shape index (κ2) is 8.25. The van der Waals surface area contributed by atoms with E-state index in [9.17, 15) is 19.1 Å². The van der Waals surface area contributed by atoms with E-state index >= 15 is 0 Å². The molecule has 1 amide bonds. The van der Waals surface area contributed by atoms with Crippen LogP contribution < -0.4 is 11.1 Å². The SMILES string of the molecule is COC(=O)CC(NC(=O)CN)c1ccc(-c2ccc(F)cc2O)cc1. The lowest BCUT2D eigenvalue weighted by Gasteiger charge is -2.18. The largest absolute Gasteiger partial charge is 0.507 e. The summed E-state index contributed by atoms with van der Waals surface area (Å²) in [6, 6.07) is 10.0. The molecule has 0 saturated heterocycles. The van der Waals surface area contributed by atoms with Gasteiger partial charge in [-0.3, -0.25) is 9.59 Å². The lowest BCUT2D eigenvalue weighted by Crippen LogP contribution is -2.35. The van der Waals surface area contributed by atoms with Crippen molar-refractivity contribution < 1.29 is 23.8 Å². The van der Waals surface area contributed by atoms with Crippen LogP contribution >= 0.6 is 0 Å². The van der Waals surface area contributed by atoms with Crippen molar-refractivity contribution in [3.8, 4) is 16.9 Å². The number of methoxy groups -OCH3 is 1. The van der Waals surface area contributed by atoms with Gasteiger partial charge in [-0.1, -0.05) is 24.3 Å². The third-order valence-corrected chi connectivity index (χ3v) is 3.70. The molecule has 0 spiro atoms. The predicted molar refractivity (Wildman–Crippen MR) is 90.1 cm³/mol. The maximum Gasteiger partial charge on any atom is 0.307 e. The van der Waals surface area contributed by atoms with Crippen LogP contribution in [-0.4, -0.2) is 30.6 Å². The maximum atomic E-state index is 13.1. The molecule has 1 unspecified atom stereocenters. The molecule has 2 rings (SSSR count). The van der Waals surface area contributed by atoms with Crippen molar-refractivity contribution in [1.82, 2.24) is 5.32 Å². The van der Waals surface area contributed by atoms with E-state index in [1.807, 2.05) is 0 Å². The van der Waals surface area contributed by atoms with Crippen molar-refractivity contribution in [3.63, 3.8) is 0 Å². The Labute approximate surface area is 144 Å². The van der Waals surface area contributed by atoms with Gasteiger partial charge in [-0.05, 0) is 23.3 Å². The standard InChI is InChI=1S/C18H19FN2O4/c1-25-18(24)9-15(21-17(23)10-20)12-4-2-11(3-5-12)14-7-6-13(19)8-16(14)22/h2-8,15,22H,9-10,20H2,1H3,(H,21,23). The van der Waals surface area contributed by atoms with Crippen LogP contribution in [0.25, 0.3) is 11.1 Å². The Hall–Kier alpha value is -2.93. The maximum absolute atomic E-state index is 13.1. The van der Waals surface area contributed by atoms with E-state index in [-0.39, 0.29) is 18.7 Å². The molecule has 0 fully saturated rings. The van der Waals surface area contributed by atoms with Gasteiger partial charge in [0.25, 0.3) is 0 Å². The van der Waals surface area contributed by atoms with Crippen molar-refractivity contribution in [3.05, 3.63) is 53.8 Å². The molecule has 0 radical (unpaired) electrons. The van der Waals surface area contributed by atoms with Crippen LogP contribution in [0.4, 0.5) is 4.39 Å². The number of hydrogen-bond donors (Lipinski definition) is 3. The number of ether oxygens (including phenoxy) is 1. The number of hydrogen-bond acceptors (Lipinski definition) is 5. The molecule has 0 saturated carbocycles. The van der Waals surface area contributed by atoms with Crippen molar-refractivity contribution in [2.75, 3.05) is 13.7 Å². The van der Waals surface area contributed by atoms with E-state index in [0.717, 1.165) is 6.07 Å². The molecule has 6 nitrogen and oxygen atoms in total. The first-order chi connectivity index (χ1) is 11.9. The molecule has 7 heteroatoms. The van der Waals surface area contributed by atoms with E-state index < -0.39 is 23.7 Å². The fraction of sp³-hybridized carbons (Fsp3) is 0.222. The lowest BCUT2D eigenvalue weighted by molar-refractivity contribution is -0.141. The highest BCUT2D eigenvalue weighted by Crippen LogP contribution is 2.30. The molecule has 0 aliphatic heterocycles. The van der Waals surface area contributed by atoms with Gasteiger partial charge in [-0.2, -0.15) is 0 Å². The summed E-state index contributed by atoms with van der Waals surface area (Å²) >= 11 is 0. The zero-order valence-electron chi connectivity index (χ0n) is 13.7. The number of nitrogens with one attached hydrogen (secondary N) is 1. The minimum atomic E-state index is -0.584. The molecule has 2 aromatic rings. The third kappa shape index (κ3) is 4.77. The number of carbonyl (C=O) groups excluding carboxylic acids is 2. The Balaban J connectivity index is 2.27. The number of benzene rings is 2. The predicted octanol–water partition coefficient (Wildman–Crippen LogP) is 1.88. The molecule has 0 aliphatic rings. The molecule has 1 atom stereocenters. The Bertz CT molecular complexity index is 744. The molecule has 0 heterocycles. The van der Waals surface area contributed by atoms with E-state index in [2.05, 4.69) is 10.1 Å². The Morgan fingerprint density at radius 2 is 1.92 bits per heavy atom. The average molecular weight is 346 g/mol. The first kappa shape index (κ1) is 18.4. The monoisotopic (exact) mass is 346 g/mol. The lowest BCUT2D eigenvalue weighted by atomic mass is 9.98. The van der Waals surface area contributed by atoms with E-state index in [1.165, 1.54) is 19.2 Å². The van der Waals surface area contributed by atoms with Crippen LogP contribution in [0.2, 0.25) is 0 Å². The van der Waals surface area contributed by atoms with Gasteiger partial charge in [0.05, 0.1) is 26.1 Å². The number of carbonyl (C=O) groups is 2. The van der Waals surface area contributed by atoms with Crippen LogP contribution in [-0.2, 0) is 14.3 Å². The van der Waals surface area contributed by atoms with Gasteiger partial charge < -0.3 is 20.9 Å². The van der Waals surface area contributed by atoms with Gasteiger partial charge in [0.1, 0.15) is 11.6 Å². The van der Waals surface area contributed by atoms with Gasteiger partial charge in [0.2, 0.25) is 5.91 Å². The van der Waals surface area contributed by atoms with Crippen molar-refractivity contribution in [2.24, 2.45) is 5.73 Å². The minimum Gasteiger partial charge on any atom is -0.507 e. The van der Waals surface area contributed by atoms with E-state index in [4.69, 9.17) is 5.73 Å². The summed E-state index contributed by atoms with van der Waals surface area (Å²) in [6.07, 6.45) is -0.0383. The molecular formula is C18H19FN2O4. The van der Waals surface area contributed by atoms with Crippen LogP contribution in [0.15, 0.2) is 42.5 Å². The first-order valence-corrected chi connectivity index (χ1v) is 7.59. The van der Waals surface area contributed by atoms with Crippen LogP contribution in [0.5, 0.6) is 5.75 Å². The number of halogens is 1. The van der Waals surface area contributed by atoms with Crippen molar-refractivity contribution in [2.45, 2.75) is 12.5 Å². The van der Waals surface area contributed by atoms with Crippen molar-refractivity contribution in [1.29, 1.82) is 0 Å². The fourth-order valence-corrected chi connectivity index (χ4v) is 2.40. The first-order valence-electron chi connectivity index (χ1n) is 7.59. The molecule has 0 aromatic heterocycles. The number of nitrogens with two attached hydrogens (primary N) is 1. The highest BCUT2D eigenvalue weighted by atomic mass is 19.1. The second-order valence-electron chi connectivity index (χ2n) is 5.39. The molecular weight excluding hydrogens is 327 g/mol. The van der Waals surface area contributed by atoms with E-state index in [0.29, 0.717) is 16.7 Å². The normalized spacial score (nSPS) is 11.6. The second-order valence-corrected chi connectivity index (χ2v) is 5.39. The summed E-state index contributed by atoms with van der Waals surface area (Å²) < 4.78 is 17.7. The van der Waals surface area contributed by atoms with Crippen LogP contribution in [0.3, 0.4) is 0 Å². The fourth-order valence-electron chi connectivity index (χ4n) is 2.40. The summed E-state index contributed by atoms with van der Waals surface area (Å²) in [4.78, 5) is 23.1. The topological polar surface area (TPSA) is 102 Å². The van der Waals surface area contributed by atoms with Gasteiger partial charge in [-0.25, -0.2) is 4.39 Å². The number of amides is 1. The van der Waals surface area contributed by atoms with E-state index in [1.54, 1.807) is 24.3 Å². The molecule has 4 N–H and O–H groups in total. The molecule has 2 aromatic carbocycles. The van der Waals surface area contributed by atoms with Gasteiger partial charge in [0.15, 0.2) is 0 Å². The molecule has 0 aliphatic carbocycles. The molecule has 132 valence electrons. The summed E-state index contributed by atoms with van der Waals surface area (Å²) in [5.74, 6) is -1.56. The highest BCUT2D eigenvalue weighted by molar-refractivity contribution is 5.79. The molecule has 25 heavy (non-hydrogen) atoms. The number of phenols is 1. The van der Waals surface area contributed by atoms with Crippen molar-refractivity contribution >= 4 is 11.9 Å².